The second kappa shape index (κ2) is 11.3. The van der Waals surface area contributed by atoms with Gasteiger partial charge in [0, 0.05) is 5.69 Å². The summed E-state index contributed by atoms with van der Waals surface area (Å²) in [6.07, 6.45) is 2.79. The number of nitrogens with zero attached hydrogens (tertiary/aromatic N) is 1. The molecule has 178 valence electrons. The number of carbonyl (C=O) groups excluding carboxylic acids is 2. The summed E-state index contributed by atoms with van der Waals surface area (Å²) >= 11 is 1.04. The molecule has 0 atom stereocenters. The normalized spacial score (nSPS) is 11.9. The molecule has 0 bridgehead atoms. The van der Waals surface area contributed by atoms with E-state index in [0.29, 0.717) is 21.6 Å². The van der Waals surface area contributed by atoms with Crippen LogP contribution in [0.4, 0.5) is 10.1 Å². The van der Waals surface area contributed by atoms with Crippen molar-refractivity contribution in [3.05, 3.63) is 73.4 Å². The zero-order valence-corrected chi connectivity index (χ0v) is 19.6. The predicted molar refractivity (Wildman–Crippen MR) is 127 cm³/mol. The molecule has 0 fully saturated rings. The molecular weight excluding hydrogens is 463 g/mol. The van der Waals surface area contributed by atoms with E-state index in [1.807, 2.05) is 0 Å². The summed E-state index contributed by atoms with van der Waals surface area (Å²) in [6.45, 7) is 1.45. The van der Waals surface area contributed by atoms with Gasteiger partial charge in [0.1, 0.15) is 17.0 Å². The molecule has 34 heavy (non-hydrogen) atoms. The number of rotatable bonds is 8. The zero-order valence-electron chi connectivity index (χ0n) is 18.8. The number of hydrogen-bond donors (Lipinski definition) is 1. The molecule has 0 aliphatic rings. The highest BCUT2D eigenvalue weighted by Crippen LogP contribution is 2.27. The van der Waals surface area contributed by atoms with Gasteiger partial charge in [-0.25, -0.2) is 9.18 Å². The molecule has 2 aromatic carbocycles. The Morgan fingerprint density at radius 3 is 2.56 bits per heavy atom. The van der Waals surface area contributed by atoms with Gasteiger partial charge in [-0.3, -0.25) is 14.2 Å². The topological polar surface area (TPSA) is 95.9 Å². The zero-order chi connectivity index (χ0) is 24.7. The number of carbonyl (C=O) groups is 2. The van der Waals surface area contributed by atoms with Gasteiger partial charge in [-0.1, -0.05) is 12.1 Å². The van der Waals surface area contributed by atoms with Crippen molar-refractivity contribution >= 4 is 41.1 Å². The minimum Gasteiger partial charge on any atom is -0.493 e. The summed E-state index contributed by atoms with van der Waals surface area (Å²) < 4.78 is 30.6. The highest BCUT2D eigenvalue weighted by Gasteiger charge is 2.12. The van der Waals surface area contributed by atoms with Gasteiger partial charge in [-0.15, -0.1) is 11.3 Å². The first-order chi connectivity index (χ1) is 16.3. The van der Waals surface area contributed by atoms with E-state index in [2.05, 4.69) is 5.32 Å². The molecule has 1 heterocycles. The third kappa shape index (κ3) is 6.10. The summed E-state index contributed by atoms with van der Waals surface area (Å²) in [7, 11) is 3.02. The van der Waals surface area contributed by atoms with Gasteiger partial charge in [0.15, 0.2) is 11.5 Å². The Labute approximate surface area is 198 Å². The molecule has 1 aromatic heterocycles. The van der Waals surface area contributed by atoms with E-state index in [0.717, 1.165) is 23.5 Å². The highest BCUT2D eigenvalue weighted by atomic mass is 32.1. The predicted octanol–water partition coefficient (Wildman–Crippen LogP) is 1.88. The van der Waals surface area contributed by atoms with Crippen LogP contribution < -0.4 is 29.5 Å². The Balaban J connectivity index is 2.03. The van der Waals surface area contributed by atoms with E-state index in [-0.39, 0.29) is 23.5 Å². The molecule has 0 saturated heterocycles. The van der Waals surface area contributed by atoms with E-state index in [1.165, 1.54) is 37.0 Å². The van der Waals surface area contributed by atoms with Crippen LogP contribution in [0.3, 0.4) is 0 Å². The van der Waals surface area contributed by atoms with Crippen molar-refractivity contribution < 1.29 is 28.2 Å². The van der Waals surface area contributed by atoms with Crippen molar-refractivity contribution in [2.45, 2.75) is 13.5 Å². The van der Waals surface area contributed by atoms with Gasteiger partial charge >= 0.3 is 5.97 Å². The van der Waals surface area contributed by atoms with Crippen molar-refractivity contribution in [1.82, 2.24) is 4.57 Å². The molecule has 0 saturated carbocycles. The summed E-state index contributed by atoms with van der Waals surface area (Å²) in [5.41, 5.74) is 0.445. The second-order valence-electron chi connectivity index (χ2n) is 6.91. The van der Waals surface area contributed by atoms with Crippen LogP contribution in [0.1, 0.15) is 12.5 Å². The van der Waals surface area contributed by atoms with Crippen molar-refractivity contribution in [2.24, 2.45) is 0 Å². The lowest BCUT2D eigenvalue weighted by Crippen LogP contribution is -2.36. The third-order valence-electron chi connectivity index (χ3n) is 4.58. The van der Waals surface area contributed by atoms with Crippen molar-refractivity contribution in [1.29, 1.82) is 0 Å². The number of aromatic nitrogens is 1. The minimum atomic E-state index is -0.638. The molecule has 0 spiro atoms. The van der Waals surface area contributed by atoms with Crippen LogP contribution in [-0.2, 0) is 20.9 Å². The fourth-order valence-electron chi connectivity index (χ4n) is 3.08. The maximum absolute atomic E-state index is 13.4. The SMILES string of the molecule is CCOC(=O)/C=c1\s/c(=C\c2ccc(OC)c(OC)c2)c(=O)n1CC(=O)Nc1cccc(F)c1. The number of thiazole rings is 1. The van der Waals surface area contributed by atoms with E-state index in [9.17, 15) is 18.8 Å². The molecule has 3 rings (SSSR count). The molecule has 10 heteroatoms. The summed E-state index contributed by atoms with van der Waals surface area (Å²) in [4.78, 5) is 37.7. The number of ether oxygens (including phenoxy) is 3. The molecule has 0 aliphatic carbocycles. The first-order valence-electron chi connectivity index (χ1n) is 10.2. The van der Waals surface area contributed by atoms with Crippen LogP contribution in [0.2, 0.25) is 0 Å². The quantitative estimate of drug-likeness (QED) is 0.489. The number of methoxy groups -OCH3 is 2. The summed E-state index contributed by atoms with van der Waals surface area (Å²) in [5, 5.41) is 2.55. The molecule has 3 aromatic rings. The molecule has 0 unspecified atom stereocenters. The van der Waals surface area contributed by atoms with Gasteiger partial charge in [0.25, 0.3) is 5.56 Å². The third-order valence-corrected chi connectivity index (χ3v) is 5.64. The maximum atomic E-state index is 13.4. The Morgan fingerprint density at radius 1 is 1.12 bits per heavy atom. The number of benzene rings is 2. The van der Waals surface area contributed by atoms with Crippen LogP contribution in [-0.4, -0.2) is 37.3 Å². The van der Waals surface area contributed by atoms with Gasteiger partial charge < -0.3 is 19.5 Å². The largest absolute Gasteiger partial charge is 0.493 e. The van der Waals surface area contributed by atoms with E-state index < -0.39 is 23.3 Å². The minimum absolute atomic E-state index is 0.162. The molecule has 0 aliphatic heterocycles. The van der Waals surface area contributed by atoms with Gasteiger partial charge in [0.05, 0.1) is 31.4 Å². The second-order valence-corrected chi connectivity index (χ2v) is 7.97. The fraction of sp³-hybridized carbons (Fsp3) is 0.208. The average Bonchev–Trinajstić information content (AvgIpc) is 3.07. The fourth-order valence-corrected chi connectivity index (χ4v) is 4.11. The van der Waals surface area contributed by atoms with E-state index in [4.69, 9.17) is 14.2 Å². The number of anilines is 1. The first-order valence-corrected chi connectivity index (χ1v) is 11.0. The lowest BCUT2D eigenvalue weighted by molar-refractivity contribution is -0.135. The summed E-state index contributed by atoms with van der Waals surface area (Å²) in [6, 6.07) is 10.5. The van der Waals surface area contributed by atoms with Crippen LogP contribution in [0.25, 0.3) is 12.2 Å². The van der Waals surface area contributed by atoms with Gasteiger partial charge in [-0.05, 0) is 48.9 Å². The molecule has 1 N–H and O–H groups in total. The monoisotopic (exact) mass is 486 g/mol. The van der Waals surface area contributed by atoms with E-state index in [1.54, 1.807) is 31.2 Å². The van der Waals surface area contributed by atoms with Crippen LogP contribution in [0.15, 0.2) is 47.3 Å². The molecule has 8 nitrogen and oxygen atoms in total. The lowest BCUT2D eigenvalue weighted by Gasteiger charge is -2.07. The number of esters is 1. The molecular formula is C24H23FN2O6S. The van der Waals surface area contributed by atoms with Crippen molar-refractivity contribution in [3.63, 3.8) is 0 Å². The Morgan fingerprint density at radius 2 is 1.88 bits per heavy atom. The maximum Gasteiger partial charge on any atom is 0.333 e. The van der Waals surface area contributed by atoms with E-state index >= 15 is 0 Å². The standard InChI is InChI=1S/C24H23FN2O6S/c1-4-33-23(29)13-22-27(14-21(28)26-17-7-5-6-16(25)12-17)24(30)20(34-22)11-15-8-9-18(31-2)19(10-15)32-3/h5-13H,4,14H2,1-3H3,(H,26,28)/b20-11-,22-13-. The van der Waals surface area contributed by atoms with Crippen molar-refractivity contribution in [2.75, 3.05) is 26.1 Å². The van der Waals surface area contributed by atoms with Gasteiger partial charge in [-0.2, -0.15) is 0 Å². The Kier molecular flexibility index (Phi) is 8.20. The number of hydrogen-bond acceptors (Lipinski definition) is 7. The first kappa shape index (κ1) is 24.7. The van der Waals surface area contributed by atoms with Crippen LogP contribution in [0.5, 0.6) is 11.5 Å². The number of amides is 1. The van der Waals surface area contributed by atoms with Crippen molar-refractivity contribution in [3.8, 4) is 11.5 Å². The van der Waals surface area contributed by atoms with Crippen LogP contribution >= 0.6 is 11.3 Å². The lowest BCUT2D eigenvalue weighted by atomic mass is 10.2. The van der Waals surface area contributed by atoms with Crippen LogP contribution in [0, 0.1) is 5.82 Å². The highest BCUT2D eigenvalue weighted by molar-refractivity contribution is 7.07. The molecule has 1 amide bonds. The van der Waals surface area contributed by atoms with Gasteiger partial charge in [0.2, 0.25) is 5.91 Å². The Hall–Kier alpha value is -3.92. The number of nitrogens with one attached hydrogen (secondary N) is 1. The number of halogens is 1. The summed E-state index contributed by atoms with van der Waals surface area (Å²) in [5.74, 6) is -0.675. The smallest absolute Gasteiger partial charge is 0.333 e. The molecule has 0 radical (unpaired) electrons. The Bertz CT molecular complexity index is 1380. The average molecular weight is 487 g/mol.